The van der Waals surface area contributed by atoms with Crippen LogP contribution in [-0.4, -0.2) is 36.5 Å². The van der Waals surface area contributed by atoms with Gasteiger partial charge in [0, 0.05) is 0 Å². The number of carbonyl (C=O) groups is 2. The summed E-state index contributed by atoms with van der Waals surface area (Å²) in [4.78, 5) is 22.8. The van der Waals surface area contributed by atoms with E-state index < -0.39 is 17.9 Å². The molecule has 0 saturated carbocycles. The van der Waals surface area contributed by atoms with Gasteiger partial charge in [0.15, 0.2) is 6.61 Å². The third-order valence-electron chi connectivity index (χ3n) is 3.35. The Labute approximate surface area is 135 Å². The van der Waals surface area contributed by atoms with Gasteiger partial charge in [-0.05, 0) is 62.0 Å². The Balaban J connectivity index is 2.60. The maximum absolute atomic E-state index is 11.8. The second-order valence-electron chi connectivity index (χ2n) is 5.21. The molecule has 0 heterocycles. The summed E-state index contributed by atoms with van der Waals surface area (Å²) in [6, 6.07) is 2.92. The predicted molar refractivity (Wildman–Crippen MR) is 86.1 cm³/mol. The number of carboxylic acid groups (broad SMARTS) is 1. The van der Waals surface area contributed by atoms with Crippen molar-refractivity contribution in [3.8, 4) is 5.75 Å². The molecule has 5 nitrogen and oxygen atoms in total. The average molecular weight is 324 g/mol. The Bertz CT molecular complexity index is 545. The number of aryl methyl sites for hydroxylation is 2. The highest BCUT2D eigenvalue weighted by Crippen LogP contribution is 2.23. The molecule has 1 amide bonds. The van der Waals surface area contributed by atoms with Crippen LogP contribution in [0.25, 0.3) is 0 Å². The highest BCUT2D eigenvalue weighted by molar-refractivity contribution is 7.98. The van der Waals surface area contributed by atoms with Crippen molar-refractivity contribution in [3.05, 3.63) is 28.8 Å². The van der Waals surface area contributed by atoms with Crippen molar-refractivity contribution in [1.82, 2.24) is 5.32 Å². The van der Waals surface area contributed by atoms with Crippen LogP contribution in [0.3, 0.4) is 0 Å². The van der Waals surface area contributed by atoms with Gasteiger partial charge in [-0.25, -0.2) is 0 Å². The Morgan fingerprint density at radius 2 is 2.00 bits per heavy atom. The molecule has 0 unspecified atom stereocenters. The highest BCUT2D eigenvalue weighted by atomic mass is 32.2. The first-order valence-corrected chi connectivity index (χ1v) is 8.44. The van der Waals surface area contributed by atoms with Crippen molar-refractivity contribution in [2.45, 2.75) is 33.2 Å². The van der Waals surface area contributed by atoms with Crippen molar-refractivity contribution in [3.63, 3.8) is 0 Å². The molecule has 0 bridgehead atoms. The van der Waals surface area contributed by atoms with Gasteiger partial charge in [0.1, 0.15) is 5.75 Å². The molecular weight excluding hydrogens is 302 g/mol. The smallest absolute Gasteiger partial charge is 0.258 e. The Morgan fingerprint density at radius 1 is 1.32 bits per heavy atom. The zero-order chi connectivity index (χ0) is 16.7. The molecule has 1 N–H and O–H groups in total. The molecule has 0 saturated heterocycles. The van der Waals surface area contributed by atoms with Gasteiger partial charge in [-0.3, -0.25) is 4.79 Å². The lowest BCUT2D eigenvalue weighted by atomic mass is 10.1. The van der Waals surface area contributed by atoms with Crippen LogP contribution in [0.2, 0.25) is 0 Å². The number of benzene rings is 1. The number of aliphatic carboxylic acids is 1. The fourth-order valence-electron chi connectivity index (χ4n) is 2.01. The fraction of sp³-hybridized carbons (Fsp3) is 0.500. The van der Waals surface area contributed by atoms with E-state index in [-0.39, 0.29) is 6.61 Å². The van der Waals surface area contributed by atoms with Gasteiger partial charge in [0.05, 0.1) is 12.0 Å². The van der Waals surface area contributed by atoms with Crippen molar-refractivity contribution < 1.29 is 19.4 Å². The number of carbonyl (C=O) groups excluding carboxylic acids is 2. The first kappa shape index (κ1) is 18.4. The van der Waals surface area contributed by atoms with Crippen LogP contribution in [0, 0.1) is 20.8 Å². The first-order chi connectivity index (χ1) is 10.3. The molecule has 0 aliphatic heterocycles. The molecule has 122 valence electrons. The summed E-state index contributed by atoms with van der Waals surface area (Å²) in [5.74, 6) is -0.462. The van der Waals surface area contributed by atoms with E-state index in [1.165, 1.54) is 11.8 Å². The maximum Gasteiger partial charge on any atom is 0.258 e. The quantitative estimate of drug-likeness (QED) is 0.771. The van der Waals surface area contributed by atoms with Crippen LogP contribution in [0.4, 0.5) is 0 Å². The van der Waals surface area contributed by atoms with Crippen molar-refractivity contribution >= 4 is 23.6 Å². The molecule has 0 fully saturated rings. The molecular formula is C16H22NO4S-. The summed E-state index contributed by atoms with van der Waals surface area (Å²) in [7, 11) is 0. The van der Waals surface area contributed by atoms with E-state index in [4.69, 9.17) is 4.74 Å². The standard InChI is InChI=1S/C16H23NO4S/c1-10-7-11(2)12(3)14(8-10)21-9-15(18)17-13(16(19)20)5-6-22-4/h7-8,13H,5-6,9H2,1-4H3,(H,17,18)(H,19,20)/p-1/t13-/m1/s1. The molecule has 0 spiro atoms. The molecule has 1 aromatic carbocycles. The number of rotatable bonds is 8. The van der Waals surface area contributed by atoms with E-state index in [9.17, 15) is 14.7 Å². The molecule has 0 aromatic heterocycles. The minimum atomic E-state index is -1.27. The lowest BCUT2D eigenvalue weighted by Gasteiger charge is -2.19. The van der Waals surface area contributed by atoms with Crippen LogP contribution >= 0.6 is 11.8 Å². The molecule has 1 aromatic rings. The normalized spacial score (nSPS) is 11.8. The van der Waals surface area contributed by atoms with Crippen LogP contribution in [0.5, 0.6) is 5.75 Å². The van der Waals surface area contributed by atoms with E-state index in [0.717, 1.165) is 16.7 Å². The average Bonchev–Trinajstić information content (AvgIpc) is 2.45. The van der Waals surface area contributed by atoms with Crippen molar-refractivity contribution in [2.24, 2.45) is 0 Å². The summed E-state index contributed by atoms with van der Waals surface area (Å²) in [5, 5.41) is 13.4. The third-order valence-corrected chi connectivity index (χ3v) is 4.00. The summed E-state index contributed by atoms with van der Waals surface area (Å²) in [5.41, 5.74) is 3.10. The second kappa shape index (κ2) is 8.68. The molecule has 0 radical (unpaired) electrons. The Kier molecular flexibility index (Phi) is 7.24. The molecule has 6 heteroatoms. The van der Waals surface area contributed by atoms with Gasteiger partial charge in [-0.1, -0.05) is 6.07 Å². The number of ether oxygens (including phenoxy) is 1. The number of hydrogen-bond acceptors (Lipinski definition) is 5. The van der Waals surface area contributed by atoms with Gasteiger partial charge in [-0.15, -0.1) is 0 Å². The van der Waals surface area contributed by atoms with Crippen molar-refractivity contribution in [2.75, 3.05) is 18.6 Å². The Hall–Kier alpha value is -1.69. The third kappa shape index (κ3) is 5.60. The number of carboxylic acids is 1. The summed E-state index contributed by atoms with van der Waals surface area (Å²) in [6.07, 6.45) is 2.21. The second-order valence-corrected chi connectivity index (χ2v) is 6.20. The van der Waals surface area contributed by atoms with E-state index in [1.54, 1.807) is 0 Å². The van der Waals surface area contributed by atoms with Crippen LogP contribution in [0.15, 0.2) is 12.1 Å². The minimum Gasteiger partial charge on any atom is -0.548 e. The topological polar surface area (TPSA) is 78.5 Å². The van der Waals surface area contributed by atoms with Crippen LogP contribution in [-0.2, 0) is 9.59 Å². The maximum atomic E-state index is 11.8. The zero-order valence-corrected chi connectivity index (χ0v) is 14.2. The minimum absolute atomic E-state index is 0.215. The number of nitrogens with one attached hydrogen (secondary N) is 1. The number of amides is 1. The number of thioether (sulfide) groups is 1. The lowest BCUT2D eigenvalue weighted by molar-refractivity contribution is -0.308. The predicted octanol–water partition coefficient (Wildman–Crippen LogP) is 0.978. The zero-order valence-electron chi connectivity index (χ0n) is 13.4. The largest absolute Gasteiger partial charge is 0.548 e. The highest BCUT2D eigenvalue weighted by Gasteiger charge is 2.14. The summed E-state index contributed by atoms with van der Waals surface area (Å²) in [6.45, 7) is 5.63. The first-order valence-electron chi connectivity index (χ1n) is 7.05. The fourth-order valence-corrected chi connectivity index (χ4v) is 2.49. The van der Waals surface area contributed by atoms with E-state index >= 15 is 0 Å². The SMILES string of the molecule is CSCC[C@@H](NC(=O)COc1cc(C)cc(C)c1C)C(=O)[O-]. The van der Waals surface area contributed by atoms with E-state index in [1.807, 2.05) is 39.2 Å². The molecule has 22 heavy (non-hydrogen) atoms. The molecule has 0 aliphatic rings. The monoisotopic (exact) mass is 324 g/mol. The molecule has 1 atom stereocenters. The van der Waals surface area contributed by atoms with Crippen LogP contribution < -0.4 is 15.2 Å². The van der Waals surface area contributed by atoms with Crippen LogP contribution in [0.1, 0.15) is 23.1 Å². The Morgan fingerprint density at radius 3 is 2.59 bits per heavy atom. The lowest BCUT2D eigenvalue weighted by Crippen LogP contribution is -2.49. The van der Waals surface area contributed by atoms with E-state index in [0.29, 0.717) is 17.9 Å². The molecule has 0 aliphatic carbocycles. The molecule has 1 rings (SSSR count). The van der Waals surface area contributed by atoms with Gasteiger partial charge in [0.25, 0.3) is 5.91 Å². The van der Waals surface area contributed by atoms with Gasteiger partial charge < -0.3 is 20.0 Å². The van der Waals surface area contributed by atoms with Gasteiger partial charge in [0.2, 0.25) is 0 Å². The van der Waals surface area contributed by atoms with Crippen molar-refractivity contribution in [1.29, 1.82) is 0 Å². The summed E-state index contributed by atoms with van der Waals surface area (Å²) >= 11 is 1.52. The van der Waals surface area contributed by atoms with Gasteiger partial charge >= 0.3 is 0 Å². The van der Waals surface area contributed by atoms with E-state index in [2.05, 4.69) is 5.32 Å². The number of hydrogen-bond donors (Lipinski definition) is 1. The van der Waals surface area contributed by atoms with Gasteiger partial charge in [-0.2, -0.15) is 11.8 Å². The summed E-state index contributed by atoms with van der Waals surface area (Å²) < 4.78 is 5.51.